The second kappa shape index (κ2) is 4.89. The zero-order valence-electron chi connectivity index (χ0n) is 11.4. The summed E-state index contributed by atoms with van der Waals surface area (Å²) in [7, 11) is 0. The number of nitroso groups, excluding NO2 is 1. The Morgan fingerprint density at radius 3 is 2.64 bits per heavy atom. The first kappa shape index (κ1) is 12.9. The van der Waals surface area contributed by atoms with Gasteiger partial charge in [-0.1, -0.05) is 36.4 Å². The van der Waals surface area contributed by atoms with Crippen molar-refractivity contribution in [2.45, 2.75) is 0 Å². The minimum Gasteiger partial charge on any atom is -0.505 e. The number of benzene rings is 3. The molecule has 1 N–H and O–H groups in total. The van der Waals surface area contributed by atoms with E-state index < -0.39 is 0 Å². The first-order chi connectivity index (χ1) is 10.8. The van der Waals surface area contributed by atoms with Gasteiger partial charge in [-0.15, -0.1) is 16.2 Å². The number of phenolic OH excluding ortho intramolecular Hbond substituents is 1. The van der Waals surface area contributed by atoms with Gasteiger partial charge in [0.2, 0.25) is 0 Å². The maximum Gasteiger partial charge on any atom is 0.158 e. The summed E-state index contributed by atoms with van der Waals surface area (Å²) in [6.45, 7) is 0. The van der Waals surface area contributed by atoms with E-state index in [2.05, 4.69) is 10.2 Å². The van der Waals surface area contributed by atoms with Gasteiger partial charge in [-0.25, -0.2) is 4.98 Å². The molecule has 3 aromatic carbocycles. The largest absolute Gasteiger partial charge is 0.505 e. The van der Waals surface area contributed by atoms with Crippen molar-refractivity contribution in [1.82, 2.24) is 4.98 Å². The highest BCUT2D eigenvalue weighted by molar-refractivity contribution is 7.21. The third kappa shape index (κ3) is 1.87. The van der Waals surface area contributed by atoms with Crippen LogP contribution in [0, 0.1) is 4.91 Å². The van der Waals surface area contributed by atoms with Crippen LogP contribution in [0.2, 0.25) is 0 Å². The molecule has 0 saturated carbocycles. The van der Waals surface area contributed by atoms with Gasteiger partial charge in [-0.2, -0.15) is 0 Å². The third-order valence-corrected chi connectivity index (χ3v) is 4.68. The van der Waals surface area contributed by atoms with Gasteiger partial charge in [-0.05, 0) is 28.8 Å². The van der Waals surface area contributed by atoms with Crippen LogP contribution in [0.25, 0.3) is 31.6 Å². The molecule has 0 fully saturated rings. The van der Waals surface area contributed by atoms with Crippen LogP contribution in [0.4, 0.5) is 5.69 Å². The number of hydrogen-bond acceptors (Lipinski definition) is 5. The Hall–Kier alpha value is -2.79. The average molecular weight is 306 g/mol. The molecule has 4 rings (SSSR count). The van der Waals surface area contributed by atoms with Crippen LogP contribution in [0.3, 0.4) is 0 Å². The lowest BCUT2D eigenvalue weighted by molar-refractivity contribution is 0.479. The predicted octanol–water partition coefficient (Wildman–Crippen LogP) is 5.22. The van der Waals surface area contributed by atoms with E-state index in [4.69, 9.17) is 0 Å². The molecule has 0 radical (unpaired) electrons. The first-order valence-electron chi connectivity index (χ1n) is 6.72. The molecule has 106 valence electrons. The molecule has 5 heteroatoms. The van der Waals surface area contributed by atoms with Crippen molar-refractivity contribution in [3.05, 3.63) is 59.5 Å². The number of aromatic nitrogens is 1. The van der Waals surface area contributed by atoms with Crippen LogP contribution in [-0.4, -0.2) is 10.1 Å². The van der Waals surface area contributed by atoms with Crippen molar-refractivity contribution < 1.29 is 5.11 Å². The molecule has 4 aromatic rings. The quantitative estimate of drug-likeness (QED) is 0.516. The highest BCUT2D eigenvalue weighted by Crippen LogP contribution is 2.44. The average Bonchev–Trinajstić information content (AvgIpc) is 2.98. The van der Waals surface area contributed by atoms with Crippen molar-refractivity contribution in [1.29, 1.82) is 0 Å². The van der Waals surface area contributed by atoms with Gasteiger partial charge < -0.3 is 5.11 Å². The zero-order valence-corrected chi connectivity index (χ0v) is 12.2. The SMILES string of the molecule is O=Nc1c(O)c(-c2nc3ccccc3s2)cc2ccccc12. The van der Waals surface area contributed by atoms with Gasteiger partial charge in [0.05, 0.1) is 15.8 Å². The lowest BCUT2D eigenvalue weighted by Gasteiger charge is -2.07. The fourth-order valence-electron chi connectivity index (χ4n) is 2.56. The van der Waals surface area contributed by atoms with Crippen molar-refractivity contribution in [2.24, 2.45) is 5.18 Å². The smallest absolute Gasteiger partial charge is 0.158 e. The van der Waals surface area contributed by atoms with Gasteiger partial charge >= 0.3 is 0 Å². The standard InChI is InChI=1S/C17H10N2O2S/c20-16-12(17-18-13-7-3-4-8-14(13)22-17)9-10-5-1-2-6-11(10)15(16)19-21/h1-9,20H. The summed E-state index contributed by atoms with van der Waals surface area (Å²) in [5.41, 5.74) is 1.47. The van der Waals surface area contributed by atoms with E-state index >= 15 is 0 Å². The van der Waals surface area contributed by atoms with Crippen LogP contribution >= 0.6 is 11.3 Å². The van der Waals surface area contributed by atoms with E-state index in [1.807, 2.05) is 48.5 Å². The first-order valence-corrected chi connectivity index (χ1v) is 7.53. The predicted molar refractivity (Wildman–Crippen MR) is 89.7 cm³/mol. The molecule has 1 heterocycles. The molecule has 0 aliphatic heterocycles. The molecule has 22 heavy (non-hydrogen) atoms. The fourth-order valence-corrected chi connectivity index (χ4v) is 3.54. The number of hydrogen-bond donors (Lipinski definition) is 1. The normalized spacial score (nSPS) is 11.1. The monoisotopic (exact) mass is 306 g/mol. The van der Waals surface area contributed by atoms with Crippen LogP contribution in [0.1, 0.15) is 0 Å². The number of para-hydroxylation sites is 1. The molecule has 0 amide bonds. The van der Waals surface area contributed by atoms with Gasteiger partial charge in [0.1, 0.15) is 5.01 Å². The Kier molecular flexibility index (Phi) is 2.87. The Balaban J connectivity index is 2.05. The molecule has 1 aromatic heterocycles. The van der Waals surface area contributed by atoms with Crippen molar-refractivity contribution >= 4 is 38.0 Å². The summed E-state index contributed by atoms with van der Waals surface area (Å²) in [5.74, 6) is -0.118. The van der Waals surface area contributed by atoms with Crippen molar-refractivity contribution in [2.75, 3.05) is 0 Å². The topological polar surface area (TPSA) is 62.5 Å². The molecular formula is C17H10N2O2S. The molecule has 0 atom stereocenters. The van der Waals surface area contributed by atoms with Crippen molar-refractivity contribution in [3.8, 4) is 16.3 Å². The third-order valence-electron chi connectivity index (χ3n) is 3.61. The van der Waals surface area contributed by atoms with E-state index in [-0.39, 0.29) is 11.4 Å². The lowest BCUT2D eigenvalue weighted by atomic mass is 10.0. The van der Waals surface area contributed by atoms with Crippen LogP contribution < -0.4 is 0 Å². The number of aromatic hydroxyl groups is 1. The van der Waals surface area contributed by atoms with E-state index in [9.17, 15) is 10.0 Å². The van der Waals surface area contributed by atoms with Crippen LogP contribution in [0.5, 0.6) is 5.75 Å². The number of rotatable bonds is 2. The minimum atomic E-state index is -0.118. The lowest BCUT2D eigenvalue weighted by Crippen LogP contribution is -1.82. The molecular weight excluding hydrogens is 296 g/mol. The van der Waals surface area contributed by atoms with E-state index in [0.717, 1.165) is 15.6 Å². The summed E-state index contributed by atoms with van der Waals surface area (Å²) < 4.78 is 1.03. The number of phenols is 1. The Bertz CT molecular complexity index is 991. The van der Waals surface area contributed by atoms with Gasteiger partial charge in [0.25, 0.3) is 0 Å². The van der Waals surface area contributed by atoms with E-state index in [1.54, 1.807) is 6.07 Å². The highest BCUT2D eigenvalue weighted by Gasteiger charge is 2.17. The molecule has 0 saturated heterocycles. The maximum absolute atomic E-state index is 11.2. The molecule has 0 unspecified atom stereocenters. The second-order valence-electron chi connectivity index (χ2n) is 4.92. The summed E-state index contributed by atoms with van der Waals surface area (Å²) in [5, 5.41) is 15.6. The fraction of sp³-hybridized carbons (Fsp3) is 0. The number of thiazole rings is 1. The minimum absolute atomic E-state index is 0.0624. The molecule has 0 spiro atoms. The molecule has 0 bridgehead atoms. The molecule has 0 aliphatic rings. The summed E-state index contributed by atoms with van der Waals surface area (Å²) in [4.78, 5) is 15.7. The Morgan fingerprint density at radius 2 is 1.82 bits per heavy atom. The van der Waals surface area contributed by atoms with E-state index in [1.165, 1.54) is 11.3 Å². The highest BCUT2D eigenvalue weighted by atomic mass is 32.1. The zero-order chi connectivity index (χ0) is 15.1. The second-order valence-corrected chi connectivity index (χ2v) is 5.95. The number of nitrogens with zero attached hydrogens (tertiary/aromatic N) is 2. The van der Waals surface area contributed by atoms with Gasteiger partial charge in [0, 0.05) is 5.39 Å². The Labute approximate surface area is 129 Å². The van der Waals surface area contributed by atoms with Gasteiger partial charge in [0.15, 0.2) is 11.4 Å². The van der Waals surface area contributed by atoms with Gasteiger partial charge in [-0.3, -0.25) is 0 Å². The Morgan fingerprint density at radius 1 is 1.05 bits per heavy atom. The van der Waals surface area contributed by atoms with E-state index in [0.29, 0.717) is 16.0 Å². The number of fused-ring (bicyclic) bond motifs is 2. The summed E-state index contributed by atoms with van der Waals surface area (Å²) in [6.07, 6.45) is 0. The van der Waals surface area contributed by atoms with Crippen molar-refractivity contribution in [3.63, 3.8) is 0 Å². The maximum atomic E-state index is 11.2. The summed E-state index contributed by atoms with van der Waals surface area (Å²) in [6, 6.07) is 17.0. The summed E-state index contributed by atoms with van der Waals surface area (Å²) >= 11 is 1.48. The van der Waals surface area contributed by atoms with Crippen LogP contribution in [0.15, 0.2) is 59.8 Å². The molecule has 0 aliphatic carbocycles. The molecule has 4 nitrogen and oxygen atoms in total. The van der Waals surface area contributed by atoms with Crippen LogP contribution in [-0.2, 0) is 0 Å².